The van der Waals surface area contributed by atoms with Gasteiger partial charge in [-0.1, -0.05) is 30.3 Å². The van der Waals surface area contributed by atoms with Crippen molar-refractivity contribution in [1.82, 2.24) is 10.2 Å². The number of aryl methyl sites for hydroxylation is 1. The molecule has 0 bridgehead atoms. The lowest BCUT2D eigenvalue weighted by Crippen LogP contribution is -2.39. The summed E-state index contributed by atoms with van der Waals surface area (Å²) in [7, 11) is 3.63. The molecule has 0 radical (unpaired) electrons. The molecule has 6 nitrogen and oxygen atoms in total. The predicted octanol–water partition coefficient (Wildman–Crippen LogP) is 2.84. The van der Waals surface area contributed by atoms with Crippen LogP contribution >= 0.6 is 0 Å². The van der Waals surface area contributed by atoms with Crippen LogP contribution in [0.25, 0.3) is 0 Å². The Balaban J connectivity index is 1.94. The lowest BCUT2D eigenvalue weighted by atomic mass is 10.2. The van der Waals surface area contributed by atoms with E-state index >= 15 is 0 Å². The van der Waals surface area contributed by atoms with Gasteiger partial charge in [0.25, 0.3) is 0 Å². The molecule has 0 heterocycles. The Labute approximate surface area is 167 Å². The number of ether oxygens (including phenoxy) is 2. The normalized spacial score (nSPS) is 12.4. The van der Waals surface area contributed by atoms with Crippen molar-refractivity contribution in [2.24, 2.45) is 4.99 Å². The fourth-order valence-corrected chi connectivity index (χ4v) is 2.78. The van der Waals surface area contributed by atoms with Crippen LogP contribution in [0.3, 0.4) is 0 Å². The summed E-state index contributed by atoms with van der Waals surface area (Å²) in [5.41, 5.74) is 2.19. The average molecular weight is 386 g/mol. The van der Waals surface area contributed by atoms with Crippen LogP contribution in [-0.4, -0.2) is 55.9 Å². The van der Waals surface area contributed by atoms with Gasteiger partial charge in [0, 0.05) is 25.7 Å². The molecular weight excluding hydrogens is 354 g/mol. The van der Waals surface area contributed by atoms with Crippen molar-refractivity contribution in [1.29, 1.82) is 0 Å². The first-order valence-electron chi connectivity index (χ1n) is 9.52. The molecule has 0 aliphatic carbocycles. The second kappa shape index (κ2) is 11.2. The van der Waals surface area contributed by atoms with Crippen molar-refractivity contribution in [2.75, 3.05) is 33.9 Å². The number of hydrogen-bond acceptors (Lipinski definition) is 4. The SMILES string of the molecule is CCNC(=NCC(O)COc1cccc(C)c1)N(C)Cc1ccccc1OC. The van der Waals surface area contributed by atoms with Crippen molar-refractivity contribution < 1.29 is 14.6 Å². The summed E-state index contributed by atoms with van der Waals surface area (Å²) >= 11 is 0. The molecule has 0 spiro atoms. The van der Waals surface area contributed by atoms with Gasteiger partial charge in [0.15, 0.2) is 5.96 Å². The Hall–Kier alpha value is -2.73. The predicted molar refractivity (Wildman–Crippen MR) is 113 cm³/mol. The topological polar surface area (TPSA) is 66.3 Å². The van der Waals surface area contributed by atoms with E-state index in [1.54, 1.807) is 7.11 Å². The number of hydrogen-bond donors (Lipinski definition) is 2. The zero-order chi connectivity index (χ0) is 20.4. The molecule has 0 fully saturated rings. The largest absolute Gasteiger partial charge is 0.496 e. The summed E-state index contributed by atoms with van der Waals surface area (Å²) in [5, 5.41) is 13.5. The molecule has 2 aromatic carbocycles. The highest BCUT2D eigenvalue weighted by molar-refractivity contribution is 5.79. The van der Waals surface area contributed by atoms with Crippen molar-refractivity contribution >= 4 is 5.96 Å². The molecule has 0 aliphatic rings. The molecule has 1 unspecified atom stereocenters. The highest BCUT2D eigenvalue weighted by Gasteiger charge is 2.11. The highest BCUT2D eigenvalue weighted by atomic mass is 16.5. The van der Waals surface area contributed by atoms with E-state index in [4.69, 9.17) is 9.47 Å². The van der Waals surface area contributed by atoms with Gasteiger partial charge in [-0.05, 0) is 37.6 Å². The van der Waals surface area contributed by atoms with Gasteiger partial charge >= 0.3 is 0 Å². The molecule has 2 aromatic rings. The Morgan fingerprint density at radius 1 is 1.21 bits per heavy atom. The maximum Gasteiger partial charge on any atom is 0.194 e. The Morgan fingerprint density at radius 3 is 2.71 bits per heavy atom. The van der Waals surface area contributed by atoms with Gasteiger partial charge in [-0.25, -0.2) is 0 Å². The number of benzene rings is 2. The molecule has 0 amide bonds. The minimum Gasteiger partial charge on any atom is -0.496 e. The quantitative estimate of drug-likeness (QED) is 0.513. The number of aliphatic hydroxyl groups is 1. The second-order valence-electron chi connectivity index (χ2n) is 6.64. The van der Waals surface area contributed by atoms with Gasteiger partial charge < -0.3 is 24.8 Å². The highest BCUT2D eigenvalue weighted by Crippen LogP contribution is 2.18. The van der Waals surface area contributed by atoms with Crippen LogP contribution in [0.4, 0.5) is 0 Å². The Morgan fingerprint density at radius 2 is 2.00 bits per heavy atom. The summed E-state index contributed by atoms with van der Waals surface area (Å²) < 4.78 is 11.1. The number of methoxy groups -OCH3 is 1. The number of aliphatic imine (C=N–C) groups is 1. The Bertz CT molecular complexity index is 764. The van der Waals surface area contributed by atoms with Gasteiger partial charge in [-0.15, -0.1) is 0 Å². The first kappa shape index (κ1) is 21.6. The second-order valence-corrected chi connectivity index (χ2v) is 6.64. The summed E-state index contributed by atoms with van der Waals surface area (Å²) in [5.74, 6) is 2.32. The molecule has 1 atom stereocenters. The summed E-state index contributed by atoms with van der Waals surface area (Å²) in [6.45, 7) is 5.86. The summed E-state index contributed by atoms with van der Waals surface area (Å²) in [6.07, 6.45) is -0.686. The average Bonchev–Trinajstić information content (AvgIpc) is 2.70. The number of para-hydroxylation sites is 1. The fraction of sp³-hybridized carbons (Fsp3) is 0.409. The molecule has 0 aliphatic heterocycles. The molecule has 2 rings (SSSR count). The van der Waals surface area contributed by atoms with E-state index in [9.17, 15) is 5.11 Å². The van der Waals surface area contributed by atoms with Gasteiger partial charge in [0.2, 0.25) is 0 Å². The van der Waals surface area contributed by atoms with Crippen LogP contribution in [0, 0.1) is 6.92 Å². The molecule has 0 saturated heterocycles. The van der Waals surface area contributed by atoms with Gasteiger partial charge in [0.05, 0.1) is 13.7 Å². The van der Waals surface area contributed by atoms with E-state index in [-0.39, 0.29) is 13.2 Å². The number of rotatable bonds is 9. The minimum absolute atomic E-state index is 0.197. The third-order valence-corrected chi connectivity index (χ3v) is 4.18. The van der Waals surface area contributed by atoms with Crippen molar-refractivity contribution in [3.63, 3.8) is 0 Å². The molecule has 0 saturated carbocycles. The number of nitrogens with one attached hydrogen (secondary N) is 1. The van der Waals surface area contributed by atoms with Crippen LogP contribution in [0.15, 0.2) is 53.5 Å². The van der Waals surface area contributed by atoms with Crippen molar-refractivity contribution in [2.45, 2.75) is 26.5 Å². The standard InChI is InChI=1S/C22H31N3O3/c1-5-23-22(25(3)15-18-10-6-7-12-21(18)27-4)24-14-19(26)16-28-20-11-8-9-17(2)13-20/h6-13,19,26H,5,14-16H2,1-4H3,(H,23,24). The number of aliphatic hydroxyl groups excluding tert-OH is 1. The molecule has 152 valence electrons. The van der Waals surface area contributed by atoms with E-state index in [1.165, 1.54) is 0 Å². The van der Waals surface area contributed by atoms with Gasteiger partial charge in [-0.2, -0.15) is 0 Å². The van der Waals surface area contributed by atoms with Gasteiger partial charge in [-0.3, -0.25) is 4.99 Å². The number of guanidine groups is 1. The van der Waals surface area contributed by atoms with E-state index in [1.807, 2.05) is 74.3 Å². The maximum atomic E-state index is 10.3. The number of nitrogens with zero attached hydrogens (tertiary/aromatic N) is 2. The molecule has 2 N–H and O–H groups in total. The van der Waals surface area contributed by atoms with Crippen LogP contribution in [0.1, 0.15) is 18.1 Å². The minimum atomic E-state index is -0.686. The first-order valence-corrected chi connectivity index (χ1v) is 9.52. The molecule has 28 heavy (non-hydrogen) atoms. The lowest BCUT2D eigenvalue weighted by molar-refractivity contribution is 0.114. The van der Waals surface area contributed by atoms with Crippen LogP contribution < -0.4 is 14.8 Å². The maximum absolute atomic E-state index is 10.3. The van der Waals surface area contributed by atoms with E-state index in [2.05, 4.69) is 10.3 Å². The van der Waals surface area contributed by atoms with Crippen LogP contribution in [-0.2, 0) is 6.54 Å². The van der Waals surface area contributed by atoms with Crippen LogP contribution in [0.5, 0.6) is 11.5 Å². The monoisotopic (exact) mass is 385 g/mol. The Kier molecular flexibility index (Phi) is 8.62. The third-order valence-electron chi connectivity index (χ3n) is 4.18. The molecule has 0 aromatic heterocycles. The lowest BCUT2D eigenvalue weighted by Gasteiger charge is -2.23. The molecular formula is C22H31N3O3. The van der Waals surface area contributed by atoms with Crippen molar-refractivity contribution in [3.05, 3.63) is 59.7 Å². The smallest absolute Gasteiger partial charge is 0.194 e. The van der Waals surface area contributed by atoms with Crippen LogP contribution in [0.2, 0.25) is 0 Å². The van der Waals surface area contributed by atoms with E-state index in [0.717, 1.165) is 35.1 Å². The van der Waals surface area contributed by atoms with Gasteiger partial charge in [0.1, 0.15) is 24.2 Å². The fourth-order valence-electron chi connectivity index (χ4n) is 2.78. The summed E-state index contributed by atoms with van der Waals surface area (Å²) in [6, 6.07) is 15.7. The van der Waals surface area contributed by atoms with E-state index in [0.29, 0.717) is 6.54 Å². The molecule has 6 heteroatoms. The first-order chi connectivity index (χ1) is 13.5. The zero-order valence-corrected chi connectivity index (χ0v) is 17.2. The van der Waals surface area contributed by atoms with E-state index < -0.39 is 6.10 Å². The van der Waals surface area contributed by atoms with Crippen molar-refractivity contribution in [3.8, 4) is 11.5 Å². The summed E-state index contributed by atoms with van der Waals surface area (Å²) in [4.78, 5) is 6.56. The zero-order valence-electron chi connectivity index (χ0n) is 17.2. The third kappa shape index (κ3) is 6.78.